The van der Waals surface area contributed by atoms with Crippen LogP contribution in [-0.2, 0) is 10.1 Å². The minimum Gasteiger partial charge on any atom is -0.745 e. The summed E-state index contributed by atoms with van der Waals surface area (Å²) < 4.78 is 245. The molecule has 0 aliphatic carbocycles. The van der Waals surface area contributed by atoms with E-state index < -0.39 is 57.1 Å². The first-order valence-corrected chi connectivity index (χ1v) is 7.08. The van der Waals surface area contributed by atoms with Crippen LogP contribution in [0, 0.1) is 0 Å². The van der Waals surface area contributed by atoms with Crippen molar-refractivity contribution in [3.63, 3.8) is 0 Å². The quantitative estimate of drug-likeness (QED) is 0.400. The van der Waals surface area contributed by atoms with Crippen LogP contribution in [-0.4, -0.2) is 59.9 Å². The molecule has 0 N–H and O–H groups in total. The van der Waals surface area contributed by atoms with Gasteiger partial charge in [-0.2, -0.15) is 70.2 Å². The van der Waals surface area contributed by atoms with Gasteiger partial charge in [0.25, 0.3) is 0 Å². The van der Waals surface area contributed by atoms with E-state index in [1.165, 1.54) is 0 Å². The van der Waals surface area contributed by atoms with Crippen molar-refractivity contribution in [2.45, 2.75) is 47.0 Å². The Hall–Kier alpha value is -1.28. The molecule has 0 amide bonds. The summed E-state index contributed by atoms with van der Waals surface area (Å²) in [6, 6.07) is 0. The first kappa shape index (κ1) is 27.7. The van der Waals surface area contributed by atoms with Gasteiger partial charge in [-0.05, 0) is 0 Å². The van der Waals surface area contributed by atoms with Gasteiger partial charge >= 0.3 is 47.0 Å². The van der Waals surface area contributed by atoms with Crippen LogP contribution in [0.5, 0.6) is 0 Å². The highest BCUT2D eigenvalue weighted by Crippen LogP contribution is 2.64. The molecular weight excluding hydrogens is 499 g/mol. The molecule has 0 aromatic heterocycles. The molecule has 3 nitrogen and oxygen atoms in total. The SMILES string of the molecule is O=S(=O)([O-])C(F)(C(F)(F)C(F)(F)C(F)(F)F)C(F)(F)C(F)(F)C(F)(F)C(F)(F)F. The Bertz CT molecular complexity index is 731. The summed E-state index contributed by atoms with van der Waals surface area (Å²) in [6.07, 6.45) is -16.0. The molecule has 0 rings (SSSR count). The highest BCUT2D eigenvalue weighted by atomic mass is 32.2. The van der Waals surface area contributed by atoms with Crippen LogP contribution in [0.2, 0.25) is 0 Å². The molecule has 0 spiro atoms. The molecule has 21 heteroatoms. The van der Waals surface area contributed by atoms with Crippen LogP contribution in [0.1, 0.15) is 0 Å². The molecule has 0 saturated carbocycles. The van der Waals surface area contributed by atoms with E-state index in [9.17, 15) is 87.6 Å². The second kappa shape index (κ2) is 6.36. The minimum absolute atomic E-state index is 7.96. The van der Waals surface area contributed by atoms with Gasteiger partial charge in [-0.25, -0.2) is 12.8 Å². The zero-order valence-electron chi connectivity index (χ0n) is 12.1. The molecule has 0 fully saturated rings. The molecule has 0 aliphatic rings. The van der Waals surface area contributed by atoms with Crippen molar-refractivity contribution in [3.8, 4) is 0 Å². The van der Waals surface area contributed by atoms with Gasteiger partial charge in [-0.15, -0.1) is 0 Å². The predicted molar refractivity (Wildman–Crippen MR) is 50.4 cm³/mol. The van der Waals surface area contributed by atoms with Gasteiger partial charge in [0.05, 0.1) is 0 Å². The average molecular weight is 499 g/mol. The molecular formula is C8F17O3S-. The Kier molecular flexibility index (Phi) is 6.08. The van der Waals surface area contributed by atoms with Crippen LogP contribution >= 0.6 is 0 Å². The van der Waals surface area contributed by atoms with Gasteiger partial charge in [-0.1, -0.05) is 0 Å². The lowest BCUT2D eigenvalue weighted by molar-refractivity contribution is -0.434. The van der Waals surface area contributed by atoms with Crippen LogP contribution in [0.25, 0.3) is 0 Å². The number of alkyl halides is 17. The lowest BCUT2D eigenvalue weighted by Crippen LogP contribution is -2.77. The van der Waals surface area contributed by atoms with Crippen LogP contribution in [0.3, 0.4) is 0 Å². The molecule has 0 saturated heterocycles. The highest BCUT2D eigenvalue weighted by molar-refractivity contribution is 7.87. The summed E-state index contributed by atoms with van der Waals surface area (Å²) >= 11 is 0. The lowest BCUT2D eigenvalue weighted by atomic mass is 9.92. The van der Waals surface area contributed by atoms with E-state index in [1.807, 2.05) is 0 Å². The summed E-state index contributed by atoms with van der Waals surface area (Å²) in [5, 5.41) is -8.87. The van der Waals surface area contributed by atoms with Crippen molar-refractivity contribution < 1.29 is 87.6 Å². The fourth-order valence-corrected chi connectivity index (χ4v) is 2.35. The number of hydrogen-bond acceptors (Lipinski definition) is 3. The van der Waals surface area contributed by atoms with E-state index in [2.05, 4.69) is 0 Å². The van der Waals surface area contributed by atoms with E-state index in [0.717, 1.165) is 0 Å². The fourth-order valence-electron chi connectivity index (χ4n) is 1.47. The van der Waals surface area contributed by atoms with Gasteiger partial charge in [0.2, 0.25) is 0 Å². The second-order valence-electron chi connectivity index (χ2n) is 4.92. The minimum atomic E-state index is -9.02. The molecule has 176 valence electrons. The third kappa shape index (κ3) is 3.26. The van der Waals surface area contributed by atoms with Gasteiger partial charge in [-0.3, -0.25) is 0 Å². The molecule has 1 atom stereocenters. The largest absolute Gasteiger partial charge is 0.745 e. The molecule has 0 bridgehead atoms. The Morgan fingerprint density at radius 2 is 0.621 bits per heavy atom. The van der Waals surface area contributed by atoms with Crippen LogP contribution in [0.15, 0.2) is 0 Å². The highest BCUT2D eigenvalue weighted by Gasteiger charge is 2.96. The zero-order chi connectivity index (χ0) is 24.5. The maximum absolute atomic E-state index is 13.7. The Labute approximate surface area is 146 Å². The van der Waals surface area contributed by atoms with Crippen LogP contribution in [0.4, 0.5) is 74.6 Å². The number of rotatable bonds is 6. The normalized spacial score (nSPS) is 18.6. The maximum Gasteiger partial charge on any atom is 0.460 e. The van der Waals surface area contributed by atoms with Crippen molar-refractivity contribution in [2.75, 3.05) is 0 Å². The molecule has 0 aromatic carbocycles. The molecule has 1 unspecified atom stereocenters. The molecule has 0 aliphatic heterocycles. The smallest absolute Gasteiger partial charge is 0.460 e. The average Bonchev–Trinajstić information content (AvgIpc) is 2.41. The molecule has 0 radical (unpaired) electrons. The van der Waals surface area contributed by atoms with Gasteiger partial charge in [0.1, 0.15) is 10.1 Å². The van der Waals surface area contributed by atoms with Crippen molar-refractivity contribution in [3.05, 3.63) is 0 Å². The van der Waals surface area contributed by atoms with E-state index in [1.54, 1.807) is 0 Å². The predicted octanol–water partition coefficient (Wildman–Crippen LogP) is 4.50. The molecule has 0 aromatic rings. The van der Waals surface area contributed by atoms with Gasteiger partial charge < -0.3 is 4.55 Å². The van der Waals surface area contributed by atoms with E-state index >= 15 is 0 Å². The topological polar surface area (TPSA) is 57.2 Å². The van der Waals surface area contributed by atoms with Gasteiger partial charge in [0.15, 0.2) is 0 Å². The van der Waals surface area contributed by atoms with E-state index in [4.69, 9.17) is 0 Å². The fraction of sp³-hybridized carbons (Fsp3) is 1.00. The Balaban J connectivity index is 7.40. The first-order chi connectivity index (χ1) is 12.0. The van der Waals surface area contributed by atoms with Crippen LogP contribution < -0.4 is 0 Å². The maximum atomic E-state index is 13.7. The molecule has 0 heterocycles. The van der Waals surface area contributed by atoms with Crippen molar-refractivity contribution in [2.24, 2.45) is 0 Å². The lowest BCUT2D eigenvalue weighted by Gasteiger charge is -2.46. The summed E-state index contributed by atoms with van der Waals surface area (Å²) in [7, 11) is -8.99. The summed E-state index contributed by atoms with van der Waals surface area (Å²) in [5.74, 6) is -43.6. The summed E-state index contributed by atoms with van der Waals surface area (Å²) in [6.45, 7) is 0. The Morgan fingerprint density at radius 3 is 0.828 bits per heavy atom. The summed E-state index contributed by atoms with van der Waals surface area (Å²) in [4.78, 5) is 0. The van der Waals surface area contributed by atoms with Gasteiger partial charge in [0, 0.05) is 0 Å². The van der Waals surface area contributed by atoms with Crippen molar-refractivity contribution in [1.82, 2.24) is 0 Å². The zero-order valence-corrected chi connectivity index (χ0v) is 12.9. The number of halogens is 17. The van der Waals surface area contributed by atoms with Crippen molar-refractivity contribution >= 4 is 10.1 Å². The third-order valence-electron chi connectivity index (χ3n) is 3.05. The number of hydrogen-bond donors (Lipinski definition) is 0. The van der Waals surface area contributed by atoms with E-state index in [-0.39, 0.29) is 0 Å². The Morgan fingerprint density at radius 1 is 0.414 bits per heavy atom. The second-order valence-corrected chi connectivity index (χ2v) is 6.39. The molecule has 29 heavy (non-hydrogen) atoms. The monoisotopic (exact) mass is 499 g/mol. The van der Waals surface area contributed by atoms with E-state index in [0.29, 0.717) is 0 Å². The van der Waals surface area contributed by atoms with Crippen molar-refractivity contribution in [1.29, 1.82) is 0 Å². The standard InChI is InChI=1S/C8HF17O3S/c9-1(10,4(15,16)7(20,21)22)2(11,12)6(19,29(26,27)28)3(13,14)5(17,18)8(23,24)25/h(H,26,27,28)/p-1. The summed E-state index contributed by atoms with van der Waals surface area (Å²) in [5.41, 5.74) is 0. The first-order valence-electron chi connectivity index (χ1n) is 5.67. The third-order valence-corrected chi connectivity index (χ3v) is 4.25.